The molecular weight excluding hydrogens is 313 g/mol. The van der Waals surface area contributed by atoms with E-state index in [-0.39, 0.29) is 6.04 Å². The van der Waals surface area contributed by atoms with Crippen LogP contribution in [0.4, 0.5) is 0 Å². The zero-order valence-electron chi connectivity index (χ0n) is 13.6. The average molecular weight is 335 g/mol. The standard InChI is InChI=1S/C21H22NOP/c22-19(16-18-10-4-1-5-11-18)17-23-24(20-12-6-2-7-13-20)21-14-8-3-9-15-21/h1-15,19H,16-17,22H2. The first-order valence-electron chi connectivity index (χ1n) is 8.15. The second-order valence-corrected chi connectivity index (χ2v) is 7.59. The molecule has 2 nitrogen and oxygen atoms in total. The van der Waals surface area contributed by atoms with E-state index >= 15 is 0 Å². The Bertz CT molecular complexity index is 679. The fraction of sp³-hybridized carbons (Fsp3) is 0.143. The van der Waals surface area contributed by atoms with Gasteiger partial charge in [-0.3, -0.25) is 0 Å². The topological polar surface area (TPSA) is 35.2 Å². The van der Waals surface area contributed by atoms with Gasteiger partial charge in [0.05, 0.1) is 14.8 Å². The Labute approximate surface area is 145 Å². The monoisotopic (exact) mass is 335 g/mol. The minimum absolute atomic E-state index is 0.00942. The lowest BCUT2D eigenvalue weighted by Crippen LogP contribution is -2.29. The lowest BCUT2D eigenvalue weighted by Gasteiger charge is -2.21. The highest BCUT2D eigenvalue weighted by Gasteiger charge is 2.16. The second-order valence-electron chi connectivity index (χ2n) is 5.71. The van der Waals surface area contributed by atoms with E-state index in [1.807, 2.05) is 30.3 Å². The molecule has 3 rings (SSSR count). The molecule has 0 aromatic heterocycles. The van der Waals surface area contributed by atoms with Gasteiger partial charge in [0.15, 0.2) is 0 Å². The van der Waals surface area contributed by atoms with Crippen LogP contribution in [-0.2, 0) is 10.9 Å². The Hall–Kier alpha value is -1.99. The third-order valence-electron chi connectivity index (χ3n) is 3.74. The van der Waals surface area contributed by atoms with Crippen LogP contribution in [0.15, 0.2) is 91.0 Å². The van der Waals surface area contributed by atoms with Crippen molar-refractivity contribution < 1.29 is 4.52 Å². The zero-order valence-corrected chi connectivity index (χ0v) is 14.5. The highest BCUT2D eigenvalue weighted by atomic mass is 31.1. The lowest BCUT2D eigenvalue weighted by atomic mass is 10.1. The summed E-state index contributed by atoms with van der Waals surface area (Å²) in [6, 6.07) is 31.1. The molecule has 1 unspecified atom stereocenters. The van der Waals surface area contributed by atoms with Gasteiger partial charge in [-0.15, -0.1) is 0 Å². The largest absolute Gasteiger partial charge is 0.348 e. The Morgan fingerprint density at radius 2 is 1.17 bits per heavy atom. The van der Waals surface area contributed by atoms with Crippen LogP contribution in [0, 0.1) is 0 Å². The molecule has 0 amide bonds. The number of hydrogen-bond acceptors (Lipinski definition) is 2. The molecule has 122 valence electrons. The molecule has 0 spiro atoms. The molecule has 0 bridgehead atoms. The highest BCUT2D eigenvalue weighted by molar-refractivity contribution is 7.68. The highest BCUT2D eigenvalue weighted by Crippen LogP contribution is 2.34. The van der Waals surface area contributed by atoms with E-state index in [4.69, 9.17) is 10.3 Å². The Kier molecular flexibility index (Phi) is 6.14. The molecule has 0 aliphatic carbocycles. The maximum atomic E-state index is 6.30. The van der Waals surface area contributed by atoms with Crippen molar-refractivity contribution in [3.05, 3.63) is 96.6 Å². The van der Waals surface area contributed by atoms with E-state index < -0.39 is 8.15 Å². The van der Waals surface area contributed by atoms with Crippen LogP contribution < -0.4 is 16.3 Å². The van der Waals surface area contributed by atoms with Gasteiger partial charge in [-0.2, -0.15) is 0 Å². The third-order valence-corrected chi connectivity index (χ3v) is 5.68. The van der Waals surface area contributed by atoms with Crippen molar-refractivity contribution in [2.75, 3.05) is 6.61 Å². The van der Waals surface area contributed by atoms with Crippen LogP contribution in [0.2, 0.25) is 0 Å². The Morgan fingerprint density at radius 3 is 1.67 bits per heavy atom. The van der Waals surface area contributed by atoms with Gasteiger partial charge in [0, 0.05) is 16.7 Å². The van der Waals surface area contributed by atoms with Crippen molar-refractivity contribution in [3.8, 4) is 0 Å². The van der Waals surface area contributed by atoms with Crippen LogP contribution >= 0.6 is 8.15 Å². The van der Waals surface area contributed by atoms with Crippen LogP contribution in [0.5, 0.6) is 0 Å². The van der Waals surface area contributed by atoms with Crippen LogP contribution in [-0.4, -0.2) is 12.6 Å². The molecule has 0 saturated heterocycles. The number of hydrogen-bond donors (Lipinski definition) is 1. The summed E-state index contributed by atoms with van der Waals surface area (Å²) >= 11 is 0. The third kappa shape index (κ3) is 4.75. The molecule has 0 radical (unpaired) electrons. The van der Waals surface area contributed by atoms with E-state index in [2.05, 4.69) is 60.7 Å². The first-order valence-corrected chi connectivity index (χ1v) is 9.41. The Balaban J connectivity index is 1.68. The Morgan fingerprint density at radius 1 is 0.708 bits per heavy atom. The molecule has 24 heavy (non-hydrogen) atoms. The quantitative estimate of drug-likeness (QED) is 0.669. The zero-order chi connectivity index (χ0) is 16.6. The van der Waals surface area contributed by atoms with Gasteiger partial charge in [0.1, 0.15) is 0 Å². The molecule has 0 aliphatic rings. The summed E-state index contributed by atoms with van der Waals surface area (Å²) < 4.78 is 6.29. The summed E-state index contributed by atoms with van der Waals surface area (Å²) in [5.74, 6) is 0. The molecule has 0 aliphatic heterocycles. The molecule has 3 heteroatoms. The average Bonchev–Trinajstić information content (AvgIpc) is 2.64. The number of benzene rings is 3. The molecule has 3 aromatic carbocycles. The first-order chi connectivity index (χ1) is 11.8. The van der Waals surface area contributed by atoms with Crippen molar-refractivity contribution in [1.29, 1.82) is 0 Å². The molecule has 1 atom stereocenters. The fourth-order valence-corrected chi connectivity index (χ4v) is 4.39. The van der Waals surface area contributed by atoms with Crippen molar-refractivity contribution in [1.82, 2.24) is 0 Å². The molecular formula is C21H22NOP. The minimum atomic E-state index is -0.838. The predicted octanol–water partition coefficient (Wildman–Crippen LogP) is 3.62. The smallest absolute Gasteiger partial charge is 0.0918 e. The van der Waals surface area contributed by atoms with Gasteiger partial charge in [0.2, 0.25) is 0 Å². The van der Waals surface area contributed by atoms with E-state index in [1.54, 1.807) is 0 Å². The predicted molar refractivity (Wildman–Crippen MR) is 103 cm³/mol. The fourth-order valence-electron chi connectivity index (χ4n) is 2.57. The van der Waals surface area contributed by atoms with Crippen molar-refractivity contribution in [2.24, 2.45) is 5.73 Å². The molecule has 0 heterocycles. The SMILES string of the molecule is NC(COP(c1ccccc1)c1ccccc1)Cc1ccccc1. The summed E-state index contributed by atoms with van der Waals surface area (Å²) in [5.41, 5.74) is 7.54. The lowest BCUT2D eigenvalue weighted by molar-refractivity contribution is 0.323. The minimum Gasteiger partial charge on any atom is -0.348 e. The van der Waals surface area contributed by atoms with E-state index in [0.717, 1.165) is 6.42 Å². The number of rotatable bonds is 7. The van der Waals surface area contributed by atoms with Gasteiger partial charge >= 0.3 is 0 Å². The van der Waals surface area contributed by atoms with Gasteiger partial charge in [0.25, 0.3) is 0 Å². The summed E-state index contributed by atoms with van der Waals surface area (Å²) in [4.78, 5) is 0. The van der Waals surface area contributed by atoms with Crippen molar-refractivity contribution in [3.63, 3.8) is 0 Å². The number of nitrogens with two attached hydrogens (primary N) is 1. The summed E-state index contributed by atoms with van der Waals surface area (Å²) in [6.07, 6.45) is 0.827. The van der Waals surface area contributed by atoms with Crippen LogP contribution in [0.3, 0.4) is 0 Å². The maximum absolute atomic E-state index is 6.30. The molecule has 2 N–H and O–H groups in total. The second kappa shape index (κ2) is 8.75. The van der Waals surface area contributed by atoms with Crippen molar-refractivity contribution in [2.45, 2.75) is 12.5 Å². The molecule has 0 saturated carbocycles. The maximum Gasteiger partial charge on any atom is 0.0918 e. The summed E-state index contributed by atoms with van der Waals surface area (Å²) in [5, 5.41) is 2.43. The van der Waals surface area contributed by atoms with Crippen molar-refractivity contribution >= 4 is 18.8 Å². The first kappa shape index (κ1) is 16.9. The van der Waals surface area contributed by atoms with Gasteiger partial charge in [-0.1, -0.05) is 91.0 Å². The van der Waals surface area contributed by atoms with Gasteiger partial charge in [-0.25, -0.2) is 0 Å². The van der Waals surface area contributed by atoms with Gasteiger partial charge in [-0.05, 0) is 12.0 Å². The summed E-state index contributed by atoms with van der Waals surface area (Å²) in [6.45, 7) is 0.546. The van der Waals surface area contributed by atoms with Crippen LogP contribution in [0.25, 0.3) is 0 Å². The van der Waals surface area contributed by atoms with Crippen LogP contribution in [0.1, 0.15) is 5.56 Å². The molecule has 3 aromatic rings. The normalized spacial score (nSPS) is 12.2. The molecule has 0 fully saturated rings. The summed E-state index contributed by atoms with van der Waals surface area (Å²) in [7, 11) is -0.838. The van der Waals surface area contributed by atoms with E-state index in [0.29, 0.717) is 6.61 Å². The van der Waals surface area contributed by atoms with E-state index in [9.17, 15) is 0 Å². The van der Waals surface area contributed by atoms with E-state index in [1.165, 1.54) is 16.2 Å². The van der Waals surface area contributed by atoms with Gasteiger partial charge < -0.3 is 10.3 Å².